The Labute approximate surface area is 217 Å². The van der Waals surface area contributed by atoms with Crippen molar-refractivity contribution in [3.63, 3.8) is 0 Å². The monoisotopic (exact) mass is 529 g/mol. The average Bonchev–Trinajstić information content (AvgIpc) is 3.25. The molecule has 3 aliphatic heterocycles. The third-order valence-corrected chi connectivity index (χ3v) is 7.12. The molecule has 3 heterocycles. The van der Waals surface area contributed by atoms with Crippen molar-refractivity contribution in [2.45, 2.75) is 38.3 Å². The van der Waals surface area contributed by atoms with Crippen LogP contribution in [0.2, 0.25) is 0 Å². The standard InChI is InChI=1S/C26H28FN3O8/c1-14-4-5-26(36,25(35)28-14)30-12-17-19(24(30)34)20(31)21(32)22(33)23(17)38-13-16-10-15(2-3-18(16)27)11-29-6-8-37-9-7-29/h2-3,10,31-33,36H,1,4-9,11-13H2,(H,28,35). The molecule has 202 valence electrons. The minimum atomic E-state index is -2.26. The van der Waals surface area contributed by atoms with Crippen molar-refractivity contribution in [3.05, 3.63) is 58.5 Å². The molecule has 0 radical (unpaired) electrons. The molecule has 0 saturated carbocycles. The van der Waals surface area contributed by atoms with Crippen LogP contribution in [0.3, 0.4) is 0 Å². The van der Waals surface area contributed by atoms with Gasteiger partial charge in [-0.2, -0.15) is 0 Å². The first-order valence-corrected chi connectivity index (χ1v) is 12.1. The predicted molar refractivity (Wildman–Crippen MR) is 130 cm³/mol. The van der Waals surface area contributed by atoms with Crippen LogP contribution in [0.4, 0.5) is 4.39 Å². The lowest BCUT2D eigenvalue weighted by molar-refractivity contribution is -0.162. The fraction of sp³-hybridized carbons (Fsp3) is 0.385. The van der Waals surface area contributed by atoms with E-state index in [1.165, 1.54) is 6.07 Å². The fourth-order valence-corrected chi connectivity index (χ4v) is 4.96. The first-order chi connectivity index (χ1) is 18.1. The lowest BCUT2D eigenvalue weighted by atomic mass is 9.98. The van der Waals surface area contributed by atoms with Crippen molar-refractivity contribution in [3.8, 4) is 23.0 Å². The molecule has 2 aromatic rings. The number of nitrogens with zero attached hydrogens (tertiary/aromatic N) is 2. The summed E-state index contributed by atoms with van der Waals surface area (Å²) in [4.78, 5) is 28.8. The number of hydrogen-bond donors (Lipinski definition) is 5. The Balaban J connectivity index is 1.42. The van der Waals surface area contributed by atoms with Crippen LogP contribution in [-0.4, -0.2) is 74.1 Å². The first kappa shape index (κ1) is 25.8. The van der Waals surface area contributed by atoms with Gasteiger partial charge in [-0.05, 0) is 24.1 Å². The fourth-order valence-electron chi connectivity index (χ4n) is 4.96. The van der Waals surface area contributed by atoms with E-state index >= 15 is 0 Å². The molecule has 1 unspecified atom stereocenters. The van der Waals surface area contributed by atoms with Gasteiger partial charge in [-0.25, -0.2) is 4.39 Å². The van der Waals surface area contributed by atoms with Gasteiger partial charge in [0.2, 0.25) is 17.2 Å². The number of phenols is 3. The van der Waals surface area contributed by atoms with E-state index in [1.807, 2.05) is 0 Å². The number of halogens is 1. The highest BCUT2D eigenvalue weighted by molar-refractivity contribution is 6.06. The molecule has 11 nitrogen and oxygen atoms in total. The number of hydrogen-bond acceptors (Lipinski definition) is 9. The van der Waals surface area contributed by atoms with E-state index < -0.39 is 52.7 Å². The summed E-state index contributed by atoms with van der Waals surface area (Å²) >= 11 is 0. The van der Waals surface area contributed by atoms with Gasteiger partial charge in [0.25, 0.3) is 11.8 Å². The van der Waals surface area contributed by atoms with Gasteiger partial charge in [0, 0.05) is 42.9 Å². The molecule has 2 fully saturated rings. The SMILES string of the molecule is C=C1CCC(O)(N2Cc3c(OCc4cc(CN5CCOCC5)ccc4F)c(O)c(O)c(O)c3C2=O)C(=O)N1. The van der Waals surface area contributed by atoms with Crippen LogP contribution >= 0.6 is 0 Å². The summed E-state index contributed by atoms with van der Waals surface area (Å²) in [5.41, 5.74) is -1.36. The Bertz CT molecular complexity index is 1330. The summed E-state index contributed by atoms with van der Waals surface area (Å²) in [6.07, 6.45) is 0.0573. The van der Waals surface area contributed by atoms with Crippen LogP contribution in [0.1, 0.15) is 39.9 Å². The number of carbonyl (C=O) groups is 2. The average molecular weight is 530 g/mol. The van der Waals surface area contributed by atoms with Crippen molar-refractivity contribution in [2.24, 2.45) is 0 Å². The topological polar surface area (TPSA) is 152 Å². The van der Waals surface area contributed by atoms with Gasteiger partial charge in [-0.3, -0.25) is 19.4 Å². The second kappa shape index (κ2) is 9.78. The van der Waals surface area contributed by atoms with Gasteiger partial charge < -0.3 is 35.2 Å². The Morgan fingerprint density at radius 3 is 2.58 bits per heavy atom. The molecule has 0 bridgehead atoms. The third kappa shape index (κ3) is 4.40. The van der Waals surface area contributed by atoms with Crippen molar-refractivity contribution in [1.29, 1.82) is 0 Å². The third-order valence-electron chi connectivity index (χ3n) is 7.12. The summed E-state index contributed by atoms with van der Waals surface area (Å²) in [5, 5.41) is 44.8. The largest absolute Gasteiger partial charge is 0.504 e. The first-order valence-electron chi connectivity index (χ1n) is 12.1. The summed E-state index contributed by atoms with van der Waals surface area (Å²) in [6, 6.07) is 4.60. The summed E-state index contributed by atoms with van der Waals surface area (Å²) < 4.78 is 25.7. The van der Waals surface area contributed by atoms with Crippen molar-refractivity contribution < 1.29 is 43.9 Å². The Morgan fingerprint density at radius 1 is 1.13 bits per heavy atom. The zero-order valence-corrected chi connectivity index (χ0v) is 20.5. The maximum Gasteiger partial charge on any atom is 0.277 e. The minimum Gasteiger partial charge on any atom is -0.504 e. The van der Waals surface area contributed by atoms with E-state index in [-0.39, 0.29) is 36.3 Å². The van der Waals surface area contributed by atoms with Crippen molar-refractivity contribution in [2.75, 3.05) is 26.3 Å². The highest BCUT2D eigenvalue weighted by Gasteiger charge is 2.52. The molecule has 0 aliphatic carbocycles. The molecule has 1 atom stereocenters. The highest BCUT2D eigenvalue weighted by Crippen LogP contribution is 2.52. The van der Waals surface area contributed by atoms with Crippen LogP contribution in [-0.2, 0) is 29.2 Å². The molecule has 0 spiro atoms. The number of fused-ring (bicyclic) bond motifs is 1. The zero-order chi connectivity index (χ0) is 27.2. The number of ether oxygens (including phenoxy) is 2. The molecule has 2 saturated heterocycles. The van der Waals surface area contributed by atoms with E-state index in [1.54, 1.807) is 12.1 Å². The predicted octanol–water partition coefficient (Wildman–Crippen LogP) is 1.42. The second-order valence-corrected chi connectivity index (χ2v) is 9.60. The molecule has 0 aromatic heterocycles. The van der Waals surface area contributed by atoms with Gasteiger partial charge in [0.05, 0.1) is 25.3 Å². The Kier molecular flexibility index (Phi) is 6.63. The molecule has 2 amide bonds. The van der Waals surface area contributed by atoms with E-state index in [0.29, 0.717) is 25.5 Å². The maximum atomic E-state index is 14.6. The summed E-state index contributed by atoms with van der Waals surface area (Å²) in [5.74, 6) is -5.52. The number of morpholine rings is 1. The number of allylic oxidation sites excluding steroid dienone is 1. The molecule has 5 N–H and O–H groups in total. The number of amides is 2. The van der Waals surface area contributed by atoms with Gasteiger partial charge in [-0.1, -0.05) is 12.6 Å². The van der Waals surface area contributed by atoms with Gasteiger partial charge in [-0.15, -0.1) is 0 Å². The highest BCUT2D eigenvalue weighted by atomic mass is 19.1. The van der Waals surface area contributed by atoms with Crippen LogP contribution in [0.15, 0.2) is 30.5 Å². The molecule has 12 heteroatoms. The number of piperidine rings is 1. The van der Waals surface area contributed by atoms with E-state index in [2.05, 4.69) is 16.8 Å². The lowest BCUT2D eigenvalue weighted by Gasteiger charge is -2.38. The molecule has 2 aromatic carbocycles. The molecule has 3 aliphatic rings. The molecule has 5 rings (SSSR count). The van der Waals surface area contributed by atoms with E-state index in [4.69, 9.17) is 9.47 Å². The smallest absolute Gasteiger partial charge is 0.277 e. The minimum absolute atomic E-state index is 0.0571. The van der Waals surface area contributed by atoms with E-state index in [0.717, 1.165) is 23.6 Å². The molecule has 38 heavy (non-hydrogen) atoms. The van der Waals surface area contributed by atoms with Gasteiger partial charge >= 0.3 is 0 Å². The zero-order valence-electron chi connectivity index (χ0n) is 20.5. The van der Waals surface area contributed by atoms with Crippen molar-refractivity contribution in [1.82, 2.24) is 15.1 Å². The number of phenolic OH excluding ortho intramolecular Hbond substituents is 3. The second-order valence-electron chi connectivity index (χ2n) is 9.60. The molecular formula is C26H28FN3O8. The Morgan fingerprint density at radius 2 is 1.87 bits per heavy atom. The number of benzene rings is 2. The number of aromatic hydroxyl groups is 3. The quantitative estimate of drug-likeness (QED) is 0.350. The number of nitrogens with one attached hydrogen (secondary N) is 1. The summed E-state index contributed by atoms with van der Waals surface area (Å²) in [7, 11) is 0. The van der Waals surface area contributed by atoms with Crippen LogP contribution in [0.25, 0.3) is 0 Å². The number of carbonyl (C=O) groups excluding carboxylic acids is 2. The van der Waals surface area contributed by atoms with Crippen molar-refractivity contribution >= 4 is 11.8 Å². The van der Waals surface area contributed by atoms with Crippen LogP contribution in [0.5, 0.6) is 23.0 Å². The maximum absolute atomic E-state index is 14.6. The van der Waals surface area contributed by atoms with E-state index in [9.17, 15) is 34.4 Å². The normalized spacial score (nSPS) is 21.9. The Hall–Kier alpha value is -3.87. The van der Waals surface area contributed by atoms with Crippen LogP contribution in [0, 0.1) is 5.82 Å². The van der Waals surface area contributed by atoms with Crippen LogP contribution < -0.4 is 10.1 Å². The number of aliphatic hydroxyl groups is 1. The van der Waals surface area contributed by atoms with Gasteiger partial charge in [0.1, 0.15) is 12.4 Å². The van der Waals surface area contributed by atoms with Gasteiger partial charge in [0.15, 0.2) is 11.5 Å². The summed E-state index contributed by atoms with van der Waals surface area (Å²) in [6.45, 7) is 6.18. The number of rotatable bonds is 6. The lowest BCUT2D eigenvalue weighted by Crippen LogP contribution is -2.61. The molecular weight excluding hydrogens is 501 g/mol.